The fourth-order valence-electron chi connectivity index (χ4n) is 14.1. The van der Waals surface area contributed by atoms with E-state index in [9.17, 15) is 0 Å². The summed E-state index contributed by atoms with van der Waals surface area (Å²) in [6.07, 6.45) is 0.799. The van der Waals surface area contributed by atoms with E-state index in [0.717, 1.165) is 6.42 Å². The van der Waals surface area contributed by atoms with E-state index in [-0.39, 0.29) is 18.2 Å². The van der Waals surface area contributed by atoms with Crippen LogP contribution in [0, 0.1) is 41.5 Å². The fourth-order valence-corrected chi connectivity index (χ4v) is 14.1. The molecule has 0 amide bonds. The van der Waals surface area contributed by atoms with Crippen molar-refractivity contribution >= 4 is 56.1 Å². The average Bonchev–Trinajstić information content (AvgIpc) is 3.91. The van der Waals surface area contributed by atoms with Gasteiger partial charge in [0, 0.05) is 22.3 Å². The van der Waals surface area contributed by atoms with E-state index < -0.39 is 0 Å². The summed E-state index contributed by atoms with van der Waals surface area (Å²) in [4.78, 5) is 0. The number of rotatable bonds is 6. The first-order valence-corrected chi connectivity index (χ1v) is 27.4. The van der Waals surface area contributed by atoms with E-state index >= 15 is 0 Å². The number of para-hydroxylation sites is 2. The summed E-state index contributed by atoms with van der Waals surface area (Å²) in [5.74, 6) is -0.0514. The van der Waals surface area contributed by atoms with Crippen molar-refractivity contribution in [2.45, 2.75) is 80.1 Å². The smallest absolute Gasteiger partial charge is 0.277 e. The summed E-state index contributed by atoms with van der Waals surface area (Å²) in [6.45, 7) is 20.5. The zero-order chi connectivity index (χ0) is 51.9. The molecule has 3 heteroatoms. The molecule has 2 nitrogen and oxygen atoms in total. The lowest BCUT2D eigenvalue weighted by Crippen LogP contribution is -2.70. The lowest BCUT2D eigenvalue weighted by Gasteiger charge is -2.36. The van der Waals surface area contributed by atoms with Crippen LogP contribution >= 0.6 is 0 Å². The number of pyridine rings is 1. The van der Waals surface area contributed by atoms with E-state index in [1.54, 1.807) is 0 Å². The van der Waals surface area contributed by atoms with Crippen LogP contribution in [-0.2, 0) is 11.8 Å². The highest BCUT2D eigenvalue weighted by Crippen LogP contribution is 2.45. The lowest BCUT2D eigenvalue weighted by molar-refractivity contribution is -0.471. The molecule has 1 unspecified atom stereocenters. The average molecular weight is 978 g/mol. The first kappa shape index (κ1) is 46.3. The highest BCUT2D eigenvalue weighted by atomic mass is 15.1. The molecule has 2 aliphatic rings. The van der Waals surface area contributed by atoms with Crippen molar-refractivity contribution in [1.82, 2.24) is 4.40 Å². The lowest BCUT2D eigenvalue weighted by atomic mass is 9.41. The van der Waals surface area contributed by atoms with Crippen LogP contribution in [0.1, 0.15) is 93.5 Å². The van der Waals surface area contributed by atoms with Crippen molar-refractivity contribution in [1.29, 1.82) is 0 Å². The molecule has 0 saturated carbocycles. The number of nitrogens with zero attached hydrogens (tertiary/aromatic N) is 2. The van der Waals surface area contributed by atoms with Gasteiger partial charge in [-0.1, -0.05) is 197 Å². The summed E-state index contributed by atoms with van der Waals surface area (Å²) in [6, 6.07) is 75.1. The van der Waals surface area contributed by atoms with E-state index in [1.807, 2.05) is 0 Å². The molecule has 2 aromatic heterocycles. The zero-order valence-corrected chi connectivity index (χ0v) is 45.2. The molecule has 14 rings (SSSR count). The molecule has 4 heterocycles. The summed E-state index contributed by atoms with van der Waals surface area (Å²) in [7, 11) is 0. The Morgan fingerprint density at radius 2 is 1.11 bits per heavy atom. The Hall–Kier alpha value is -8.27. The van der Waals surface area contributed by atoms with Crippen LogP contribution in [-0.4, -0.2) is 11.2 Å². The number of hydrogen-bond acceptors (Lipinski definition) is 0. The van der Waals surface area contributed by atoms with Crippen molar-refractivity contribution in [2.75, 3.05) is 0 Å². The van der Waals surface area contributed by atoms with Gasteiger partial charge < -0.3 is 0 Å². The van der Waals surface area contributed by atoms with Crippen LogP contribution in [0.15, 0.2) is 194 Å². The number of aromatic nitrogens is 2. The molecule has 76 heavy (non-hydrogen) atoms. The SMILES string of the molecule is Cc1ccc(C(C)(C)C)cc1-c1ccccc1Cc1cc2c3c(c1)C(c1cccc(-c4c(C)cccc4C)c1)c1cc(-c4c(C)cccc4C)ccc1B3[n+]1c3c-2cccc3n2c3c(C)cccc3c3ccccc3c21. The molecule has 366 valence electrons. The van der Waals surface area contributed by atoms with Crippen LogP contribution in [0.4, 0.5) is 0 Å². The third-order valence-corrected chi connectivity index (χ3v) is 17.5. The fraction of sp³-hybridized carbons (Fsp3) is 0.164. The van der Waals surface area contributed by atoms with Gasteiger partial charge in [-0.2, -0.15) is 4.40 Å². The maximum Gasteiger partial charge on any atom is 0.448 e. The normalized spacial score (nSPS) is 13.8. The monoisotopic (exact) mass is 978 g/mol. The largest absolute Gasteiger partial charge is 0.448 e. The summed E-state index contributed by atoms with van der Waals surface area (Å²) in [5, 5.41) is 3.84. The number of aryl methyl sites for hydroxylation is 6. The maximum absolute atomic E-state index is 2.77. The number of benzene rings is 10. The molecule has 0 saturated heterocycles. The molecule has 1 atom stereocenters. The van der Waals surface area contributed by atoms with Gasteiger partial charge in [-0.15, -0.1) is 0 Å². The maximum atomic E-state index is 2.77. The summed E-state index contributed by atoms with van der Waals surface area (Å²) >= 11 is 0. The number of hydrogen-bond donors (Lipinski definition) is 0. The summed E-state index contributed by atoms with van der Waals surface area (Å²) in [5.41, 5.74) is 34.2. The van der Waals surface area contributed by atoms with Crippen molar-refractivity contribution in [2.24, 2.45) is 0 Å². The van der Waals surface area contributed by atoms with Gasteiger partial charge in [0.25, 0.3) is 5.65 Å². The van der Waals surface area contributed by atoms with Gasteiger partial charge in [-0.3, -0.25) is 4.48 Å². The predicted octanol–water partition coefficient (Wildman–Crippen LogP) is 16.6. The molecule has 10 aromatic carbocycles. The topological polar surface area (TPSA) is 8.29 Å². The molecule has 0 spiro atoms. The molecule has 0 aliphatic carbocycles. The third kappa shape index (κ3) is 6.91. The molecule has 0 fully saturated rings. The number of imidazole rings is 1. The molecule has 12 aromatic rings. The molecule has 0 N–H and O–H groups in total. The van der Waals surface area contributed by atoms with Crippen molar-refractivity contribution in [3.8, 4) is 44.5 Å². The van der Waals surface area contributed by atoms with Gasteiger partial charge >= 0.3 is 6.85 Å². The molecule has 2 aliphatic heterocycles. The van der Waals surface area contributed by atoms with E-state index in [2.05, 4.69) is 265 Å². The van der Waals surface area contributed by atoms with Crippen LogP contribution in [0.25, 0.3) is 82.9 Å². The Balaban J connectivity index is 1.11. The zero-order valence-electron chi connectivity index (χ0n) is 45.2. The van der Waals surface area contributed by atoms with Gasteiger partial charge in [0.1, 0.15) is 5.52 Å². The van der Waals surface area contributed by atoms with Crippen molar-refractivity contribution < 1.29 is 4.48 Å². The minimum atomic E-state index is -0.0959. The standard InChI is InChI=1S/C73H62BN2/c1-43-33-35-54(73(7,8)9)42-60(43)55-27-11-10-24-50(55)37-49-38-61-58-31-18-32-65-71(58)76(72-59-29-13-12-28-56(59)57-30-16-23-48(6)70(57)75(65)72)74-64-36-34-53(67-46(4)21-15-22-47(67)5)41-62(64)68(63(39-49)69(61)74)52-26-17-25-51(40-52)66-44(2)19-14-20-45(66)3/h10-36,38-42,68H,37H2,1-9H3/q+1. The molecular weight excluding hydrogens is 916 g/mol. The highest BCUT2D eigenvalue weighted by Gasteiger charge is 2.49. The molecule has 0 bridgehead atoms. The Morgan fingerprint density at radius 1 is 0.474 bits per heavy atom. The van der Waals surface area contributed by atoms with Crippen LogP contribution < -0.4 is 15.4 Å². The van der Waals surface area contributed by atoms with Gasteiger partial charge in [-0.05, 0) is 188 Å². The third-order valence-electron chi connectivity index (χ3n) is 17.5. The Labute approximate surface area is 448 Å². The van der Waals surface area contributed by atoms with Gasteiger partial charge in [-0.25, -0.2) is 0 Å². The van der Waals surface area contributed by atoms with Crippen LogP contribution in [0.5, 0.6) is 0 Å². The molecular formula is C73H62BN2+. The minimum Gasteiger partial charge on any atom is -0.277 e. The van der Waals surface area contributed by atoms with Crippen molar-refractivity contribution in [3.63, 3.8) is 0 Å². The van der Waals surface area contributed by atoms with Crippen LogP contribution in [0.2, 0.25) is 0 Å². The molecule has 0 radical (unpaired) electrons. The van der Waals surface area contributed by atoms with Crippen LogP contribution in [0.3, 0.4) is 0 Å². The number of fused-ring (bicyclic) bond motifs is 12. The second kappa shape index (κ2) is 17.1. The van der Waals surface area contributed by atoms with Gasteiger partial charge in [0.15, 0.2) is 11.0 Å². The second-order valence-electron chi connectivity index (χ2n) is 23.3. The van der Waals surface area contributed by atoms with E-state index in [0.29, 0.717) is 0 Å². The quantitative estimate of drug-likeness (QED) is 0.116. The first-order valence-electron chi connectivity index (χ1n) is 27.4. The minimum absolute atomic E-state index is 0.0341. The Morgan fingerprint density at radius 3 is 1.86 bits per heavy atom. The summed E-state index contributed by atoms with van der Waals surface area (Å²) < 4.78 is 5.39. The second-order valence-corrected chi connectivity index (χ2v) is 23.3. The Bertz CT molecular complexity index is 4400. The van der Waals surface area contributed by atoms with E-state index in [4.69, 9.17) is 0 Å². The van der Waals surface area contributed by atoms with Gasteiger partial charge in [0.05, 0.1) is 5.39 Å². The van der Waals surface area contributed by atoms with Crippen molar-refractivity contribution in [3.05, 3.63) is 261 Å². The first-order chi connectivity index (χ1) is 36.8. The predicted molar refractivity (Wildman–Crippen MR) is 322 cm³/mol. The van der Waals surface area contributed by atoms with Gasteiger partial charge in [0.2, 0.25) is 0 Å². The highest BCUT2D eigenvalue weighted by molar-refractivity contribution is 6.82. The Kier molecular flexibility index (Phi) is 10.4. The van der Waals surface area contributed by atoms with E-state index in [1.165, 1.54) is 161 Å².